The van der Waals surface area contributed by atoms with Crippen molar-refractivity contribution in [3.63, 3.8) is 0 Å². The molecule has 0 radical (unpaired) electrons. The van der Waals surface area contributed by atoms with Crippen LogP contribution in [0.3, 0.4) is 0 Å². The lowest BCUT2D eigenvalue weighted by Gasteiger charge is -2.13. The van der Waals surface area contributed by atoms with Crippen LogP contribution < -0.4 is 17.0 Å². The molecule has 0 amide bonds. The molecular weight excluding hydrogens is 220 g/mol. The van der Waals surface area contributed by atoms with E-state index in [1.54, 1.807) is 0 Å². The van der Waals surface area contributed by atoms with Crippen molar-refractivity contribution < 1.29 is 0 Å². The molecular formula is C11H20N4O2. The molecule has 17 heavy (non-hydrogen) atoms. The number of hydrogen-bond acceptors (Lipinski definition) is 4. The topological polar surface area (TPSA) is 73.3 Å². The Labute approximate surface area is 100 Å². The summed E-state index contributed by atoms with van der Waals surface area (Å²) in [7, 11) is 3.78. The normalized spacial score (nSPS) is 11.1. The first-order valence-electron chi connectivity index (χ1n) is 5.71. The molecule has 1 aromatic heterocycles. The largest absolute Gasteiger partial charge is 0.393 e. The fraction of sp³-hybridized carbons (Fsp3) is 0.636. The van der Waals surface area contributed by atoms with Crippen molar-refractivity contribution in [1.82, 2.24) is 14.0 Å². The van der Waals surface area contributed by atoms with Gasteiger partial charge in [-0.25, -0.2) is 4.79 Å². The van der Waals surface area contributed by atoms with Crippen molar-refractivity contribution in [1.29, 1.82) is 0 Å². The molecule has 1 heterocycles. The van der Waals surface area contributed by atoms with Crippen molar-refractivity contribution in [3.05, 3.63) is 27.0 Å². The summed E-state index contributed by atoms with van der Waals surface area (Å²) < 4.78 is 2.69. The first-order valence-corrected chi connectivity index (χ1v) is 5.71. The van der Waals surface area contributed by atoms with Gasteiger partial charge in [-0.1, -0.05) is 6.92 Å². The fourth-order valence-corrected chi connectivity index (χ4v) is 1.57. The molecule has 0 spiro atoms. The summed E-state index contributed by atoms with van der Waals surface area (Å²) in [5, 5.41) is 0. The van der Waals surface area contributed by atoms with Crippen LogP contribution in [0.5, 0.6) is 0 Å². The highest BCUT2D eigenvalue weighted by Gasteiger charge is 2.08. The third kappa shape index (κ3) is 3.20. The van der Waals surface area contributed by atoms with Crippen LogP contribution in [0.2, 0.25) is 0 Å². The number of aryl methyl sites for hydroxylation is 1. The average Bonchev–Trinajstić information content (AvgIpc) is 2.26. The maximum atomic E-state index is 12.0. The summed E-state index contributed by atoms with van der Waals surface area (Å²) in [5.41, 5.74) is 5.06. The van der Waals surface area contributed by atoms with Crippen LogP contribution in [0.15, 0.2) is 15.8 Å². The Hall–Kier alpha value is -1.56. The minimum Gasteiger partial charge on any atom is -0.393 e. The van der Waals surface area contributed by atoms with Crippen molar-refractivity contribution in [3.8, 4) is 0 Å². The lowest BCUT2D eigenvalue weighted by atomic mass is 10.4. The van der Waals surface area contributed by atoms with Crippen molar-refractivity contribution >= 4 is 5.69 Å². The molecule has 2 N–H and O–H groups in total. The molecule has 0 aromatic carbocycles. The molecule has 6 heteroatoms. The molecule has 0 bridgehead atoms. The van der Waals surface area contributed by atoms with Crippen LogP contribution in [0.1, 0.15) is 13.3 Å². The number of rotatable bonds is 5. The Morgan fingerprint density at radius 2 is 1.94 bits per heavy atom. The molecule has 0 saturated heterocycles. The third-order valence-corrected chi connectivity index (χ3v) is 2.50. The van der Waals surface area contributed by atoms with Crippen LogP contribution in [-0.2, 0) is 13.1 Å². The van der Waals surface area contributed by atoms with Gasteiger partial charge in [-0.15, -0.1) is 0 Å². The zero-order valence-corrected chi connectivity index (χ0v) is 10.6. The smallest absolute Gasteiger partial charge is 0.331 e. The number of nitrogens with zero attached hydrogens (tertiary/aromatic N) is 3. The molecule has 0 aliphatic carbocycles. The van der Waals surface area contributed by atoms with Gasteiger partial charge in [-0.2, -0.15) is 0 Å². The minimum absolute atomic E-state index is 0.122. The summed E-state index contributed by atoms with van der Waals surface area (Å²) in [6, 6.07) is 0. The van der Waals surface area contributed by atoms with Crippen LogP contribution in [0.4, 0.5) is 5.69 Å². The lowest BCUT2D eigenvalue weighted by Crippen LogP contribution is -2.42. The molecule has 96 valence electrons. The maximum Gasteiger partial charge on any atom is 0.331 e. The van der Waals surface area contributed by atoms with Crippen molar-refractivity contribution in [2.45, 2.75) is 26.4 Å². The van der Waals surface area contributed by atoms with E-state index in [4.69, 9.17) is 5.73 Å². The SMILES string of the molecule is CCCn1cc(N)c(=O)n(CCN(C)C)c1=O. The second-order valence-corrected chi connectivity index (χ2v) is 4.32. The van der Waals surface area contributed by atoms with Gasteiger partial charge in [0.25, 0.3) is 5.56 Å². The van der Waals surface area contributed by atoms with E-state index in [0.29, 0.717) is 19.6 Å². The predicted octanol–water partition coefficient (Wildman–Crippen LogP) is -0.436. The summed E-state index contributed by atoms with van der Waals surface area (Å²) in [5.74, 6) is 0. The van der Waals surface area contributed by atoms with Gasteiger partial charge in [0.15, 0.2) is 0 Å². The molecule has 0 unspecified atom stereocenters. The van der Waals surface area contributed by atoms with Crippen molar-refractivity contribution in [2.75, 3.05) is 26.4 Å². The minimum atomic E-state index is -0.399. The second-order valence-electron chi connectivity index (χ2n) is 4.32. The molecule has 0 aliphatic heterocycles. The van der Waals surface area contributed by atoms with Crippen LogP contribution in [0, 0.1) is 0 Å². The van der Waals surface area contributed by atoms with Gasteiger partial charge in [-0.3, -0.25) is 13.9 Å². The number of hydrogen-bond donors (Lipinski definition) is 1. The highest BCUT2D eigenvalue weighted by molar-refractivity contribution is 5.30. The van der Waals surface area contributed by atoms with Gasteiger partial charge < -0.3 is 10.6 Å². The van der Waals surface area contributed by atoms with E-state index >= 15 is 0 Å². The Morgan fingerprint density at radius 1 is 1.29 bits per heavy atom. The van der Waals surface area contributed by atoms with Crippen molar-refractivity contribution in [2.24, 2.45) is 0 Å². The zero-order chi connectivity index (χ0) is 13.0. The maximum absolute atomic E-state index is 12.0. The molecule has 1 aromatic rings. The second kappa shape index (κ2) is 5.67. The highest BCUT2D eigenvalue weighted by Crippen LogP contribution is 1.92. The third-order valence-electron chi connectivity index (χ3n) is 2.50. The molecule has 0 fully saturated rings. The fourth-order valence-electron chi connectivity index (χ4n) is 1.57. The van der Waals surface area contributed by atoms with Crippen LogP contribution >= 0.6 is 0 Å². The van der Waals surface area contributed by atoms with E-state index in [-0.39, 0.29) is 11.4 Å². The van der Waals surface area contributed by atoms with Gasteiger partial charge in [0.05, 0.1) is 0 Å². The van der Waals surface area contributed by atoms with Gasteiger partial charge in [0, 0.05) is 25.8 Å². The Balaban J connectivity index is 3.18. The van der Waals surface area contributed by atoms with Gasteiger partial charge in [-0.05, 0) is 20.5 Å². The Bertz CT molecular complexity index is 487. The summed E-state index contributed by atoms with van der Waals surface area (Å²) >= 11 is 0. The van der Waals surface area contributed by atoms with E-state index in [1.807, 2.05) is 25.9 Å². The van der Waals surface area contributed by atoms with E-state index < -0.39 is 5.56 Å². The number of likely N-dealkylation sites (N-methyl/N-ethyl adjacent to an activating group) is 1. The molecule has 0 aliphatic rings. The van der Waals surface area contributed by atoms with E-state index in [2.05, 4.69) is 0 Å². The molecule has 6 nitrogen and oxygen atoms in total. The van der Waals surface area contributed by atoms with E-state index in [1.165, 1.54) is 15.3 Å². The number of anilines is 1. The molecule has 0 saturated carbocycles. The van der Waals surface area contributed by atoms with E-state index in [9.17, 15) is 9.59 Å². The summed E-state index contributed by atoms with van der Waals surface area (Å²) in [6.07, 6.45) is 2.26. The summed E-state index contributed by atoms with van der Waals surface area (Å²) in [4.78, 5) is 25.7. The van der Waals surface area contributed by atoms with Crippen LogP contribution in [0.25, 0.3) is 0 Å². The monoisotopic (exact) mass is 240 g/mol. The Kier molecular flexibility index (Phi) is 4.51. The van der Waals surface area contributed by atoms with Gasteiger partial charge in [0.1, 0.15) is 5.69 Å². The van der Waals surface area contributed by atoms with Gasteiger partial charge in [0.2, 0.25) is 0 Å². The van der Waals surface area contributed by atoms with Gasteiger partial charge >= 0.3 is 5.69 Å². The first-order chi connectivity index (χ1) is 7.97. The number of aromatic nitrogens is 2. The summed E-state index contributed by atoms with van der Waals surface area (Å²) in [6.45, 7) is 3.54. The molecule has 0 atom stereocenters. The first kappa shape index (κ1) is 13.5. The standard InChI is InChI=1S/C11H20N4O2/c1-4-5-14-8-9(12)10(16)15(11(14)17)7-6-13(2)3/h8H,4-7,12H2,1-3H3. The van der Waals surface area contributed by atoms with E-state index in [0.717, 1.165) is 6.42 Å². The lowest BCUT2D eigenvalue weighted by molar-refractivity contribution is 0.372. The molecule has 1 rings (SSSR count). The number of nitrogens with two attached hydrogens (primary N) is 1. The average molecular weight is 240 g/mol. The van der Waals surface area contributed by atoms with Crippen LogP contribution in [-0.4, -0.2) is 34.7 Å². The quantitative estimate of drug-likeness (QED) is 0.757. The highest BCUT2D eigenvalue weighted by atomic mass is 16.2. The Morgan fingerprint density at radius 3 is 2.47 bits per heavy atom. The zero-order valence-electron chi connectivity index (χ0n) is 10.6. The predicted molar refractivity (Wildman–Crippen MR) is 68.2 cm³/mol. The number of nitrogen functional groups attached to an aromatic ring is 1.